The van der Waals surface area contributed by atoms with Crippen molar-refractivity contribution in [1.29, 1.82) is 0 Å². The van der Waals surface area contributed by atoms with Crippen molar-refractivity contribution in [1.82, 2.24) is 15.1 Å². The summed E-state index contributed by atoms with van der Waals surface area (Å²) in [6.45, 7) is -0.00875. The Morgan fingerprint density at radius 2 is 2.25 bits per heavy atom. The number of nitrogens with one attached hydrogen (secondary N) is 1. The van der Waals surface area contributed by atoms with Crippen molar-refractivity contribution in [2.45, 2.75) is 24.9 Å². The molecule has 8 nitrogen and oxygen atoms in total. The molecular weight excluding hydrogens is 312 g/mol. The minimum Gasteiger partial charge on any atom is -0.383 e. The molecular formula is C16H18N4O4. The van der Waals surface area contributed by atoms with Gasteiger partial charge in [-0.1, -0.05) is 24.3 Å². The molecule has 0 bridgehead atoms. The lowest BCUT2D eigenvalue weighted by Crippen LogP contribution is -2.43. The highest BCUT2D eigenvalue weighted by atomic mass is 16.6. The highest BCUT2D eigenvalue weighted by molar-refractivity contribution is 5.96. The molecule has 1 aromatic carbocycles. The second-order valence-electron chi connectivity index (χ2n) is 5.98. The summed E-state index contributed by atoms with van der Waals surface area (Å²) in [6.07, 6.45) is 3.27. The molecule has 1 aliphatic rings. The van der Waals surface area contributed by atoms with Gasteiger partial charge in [0.2, 0.25) is 5.69 Å². The number of aromatic nitrogens is 2. The second kappa shape index (κ2) is 6.04. The van der Waals surface area contributed by atoms with Crippen molar-refractivity contribution in [3.05, 3.63) is 57.4 Å². The smallest absolute Gasteiger partial charge is 0.320 e. The van der Waals surface area contributed by atoms with Crippen LogP contribution >= 0.6 is 0 Å². The number of carbonyl (C=O) groups is 1. The van der Waals surface area contributed by atoms with Crippen LogP contribution in [0.2, 0.25) is 0 Å². The number of hydrogen-bond donors (Lipinski definition) is 2. The van der Waals surface area contributed by atoms with Gasteiger partial charge in [-0.25, -0.2) is 0 Å². The number of rotatable bonds is 4. The number of nitrogens with zero attached hydrogens (tertiary/aromatic N) is 3. The van der Waals surface area contributed by atoms with Gasteiger partial charge >= 0.3 is 5.69 Å². The molecule has 1 unspecified atom stereocenters. The summed E-state index contributed by atoms with van der Waals surface area (Å²) in [4.78, 5) is 22.7. The molecule has 0 saturated heterocycles. The number of hydrogen-bond acceptors (Lipinski definition) is 5. The van der Waals surface area contributed by atoms with Gasteiger partial charge in [0.05, 0.1) is 11.5 Å². The van der Waals surface area contributed by atoms with Gasteiger partial charge in [0, 0.05) is 7.05 Å². The zero-order valence-corrected chi connectivity index (χ0v) is 13.2. The van der Waals surface area contributed by atoms with Crippen molar-refractivity contribution in [2.75, 3.05) is 6.54 Å². The third-order valence-electron chi connectivity index (χ3n) is 4.43. The lowest BCUT2D eigenvalue weighted by Gasteiger charge is -2.34. The van der Waals surface area contributed by atoms with E-state index in [0.29, 0.717) is 6.42 Å². The van der Waals surface area contributed by atoms with Crippen LogP contribution in [0.5, 0.6) is 0 Å². The van der Waals surface area contributed by atoms with Gasteiger partial charge < -0.3 is 10.4 Å². The Hall–Kier alpha value is -2.74. The molecule has 24 heavy (non-hydrogen) atoms. The van der Waals surface area contributed by atoms with Crippen molar-refractivity contribution < 1.29 is 14.8 Å². The van der Waals surface area contributed by atoms with E-state index in [1.165, 1.54) is 7.05 Å². The average Bonchev–Trinajstić information content (AvgIpc) is 2.95. The van der Waals surface area contributed by atoms with Crippen LogP contribution < -0.4 is 5.32 Å². The van der Waals surface area contributed by atoms with Gasteiger partial charge in [0.1, 0.15) is 11.8 Å². The Balaban J connectivity index is 1.81. The number of fused-ring (bicyclic) bond motifs is 1. The Kier molecular flexibility index (Phi) is 4.06. The average molecular weight is 330 g/mol. The van der Waals surface area contributed by atoms with Crippen LogP contribution in [0, 0.1) is 10.1 Å². The van der Waals surface area contributed by atoms with Crippen LogP contribution in [0.4, 0.5) is 5.69 Å². The molecule has 1 aliphatic carbocycles. The van der Waals surface area contributed by atoms with Crippen LogP contribution in [0.3, 0.4) is 0 Å². The maximum Gasteiger partial charge on any atom is 0.320 e. The van der Waals surface area contributed by atoms with E-state index in [1.807, 2.05) is 24.3 Å². The fourth-order valence-electron chi connectivity index (χ4n) is 3.21. The summed E-state index contributed by atoms with van der Waals surface area (Å²) >= 11 is 0. The normalized spacial score (nSPS) is 19.6. The van der Waals surface area contributed by atoms with Gasteiger partial charge in [0.25, 0.3) is 5.91 Å². The van der Waals surface area contributed by atoms with E-state index >= 15 is 0 Å². The maximum absolute atomic E-state index is 12.4. The summed E-state index contributed by atoms with van der Waals surface area (Å²) in [6, 6.07) is 7.59. The fourth-order valence-corrected chi connectivity index (χ4v) is 3.21. The Morgan fingerprint density at radius 3 is 3.00 bits per heavy atom. The minimum absolute atomic E-state index is 0.00875. The maximum atomic E-state index is 12.4. The first-order chi connectivity index (χ1) is 11.4. The first-order valence-corrected chi connectivity index (χ1v) is 7.68. The van der Waals surface area contributed by atoms with E-state index in [1.54, 1.807) is 0 Å². The van der Waals surface area contributed by atoms with Crippen molar-refractivity contribution in [3.8, 4) is 0 Å². The third-order valence-corrected chi connectivity index (χ3v) is 4.43. The second-order valence-corrected chi connectivity index (χ2v) is 5.98. The summed E-state index contributed by atoms with van der Waals surface area (Å²) in [7, 11) is 1.46. The van der Waals surface area contributed by atoms with Crippen LogP contribution in [-0.4, -0.2) is 32.3 Å². The van der Waals surface area contributed by atoms with Crippen LogP contribution in [0.1, 0.15) is 34.5 Å². The molecule has 126 valence electrons. The van der Waals surface area contributed by atoms with Gasteiger partial charge in [-0.2, -0.15) is 5.10 Å². The monoisotopic (exact) mass is 330 g/mol. The molecule has 8 heteroatoms. The van der Waals surface area contributed by atoms with Gasteiger partial charge in [-0.15, -0.1) is 0 Å². The first kappa shape index (κ1) is 16.1. The largest absolute Gasteiger partial charge is 0.383 e. The van der Waals surface area contributed by atoms with E-state index in [4.69, 9.17) is 0 Å². The highest BCUT2D eigenvalue weighted by Crippen LogP contribution is 2.34. The first-order valence-electron chi connectivity index (χ1n) is 7.68. The van der Waals surface area contributed by atoms with Crippen LogP contribution in [0.25, 0.3) is 0 Å². The fraction of sp³-hybridized carbons (Fsp3) is 0.375. The summed E-state index contributed by atoms with van der Waals surface area (Å²) in [5.41, 5.74) is 0.208. The summed E-state index contributed by atoms with van der Waals surface area (Å²) < 4.78 is 1.16. The molecule has 0 aliphatic heterocycles. The van der Waals surface area contributed by atoms with Gasteiger partial charge in [0.15, 0.2) is 0 Å². The van der Waals surface area contributed by atoms with Crippen molar-refractivity contribution in [3.63, 3.8) is 0 Å². The van der Waals surface area contributed by atoms with Gasteiger partial charge in [-0.3, -0.25) is 19.6 Å². The molecule has 1 heterocycles. The van der Waals surface area contributed by atoms with Crippen LogP contribution in [0.15, 0.2) is 30.5 Å². The quantitative estimate of drug-likeness (QED) is 0.648. The molecule has 2 N–H and O–H groups in total. The van der Waals surface area contributed by atoms with E-state index in [2.05, 4.69) is 10.4 Å². The minimum atomic E-state index is -1.17. The topological polar surface area (TPSA) is 110 Å². The molecule has 0 saturated carbocycles. The molecule has 0 fully saturated rings. The van der Waals surface area contributed by atoms with Crippen LogP contribution in [-0.2, 0) is 19.1 Å². The number of carbonyl (C=O) groups excluding carboxylic acids is 1. The summed E-state index contributed by atoms with van der Waals surface area (Å²) in [5.74, 6) is -0.627. The Labute approximate surface area is 138 Å². The zero-order valence-electron chi connectivity index (χ0n) is 13.2. The zero-order chi connectivity index (χ0) is 17.3. The standard InChI is InChI=1S/C16H18N4O4/c1-19-14(13(9-18-19)20(23)24)15(21)17-10-16(22)8-4-6-11-5-2-3-7-12(11)16/h2-3,5,7,9,22H,4,6,8,10H2,1H3,(H,17,21). The third kappa shape index (κ3) is 2.76. The number of nitro groups is 1. The lowest BCUT2D eigenvalue weighted by molar-refractivity contribution is -0.385. The Morgan fingerprint density at radius 1 is 1.50 bits per heavy atom. The Bertz CT molecular complexity index is 801. The molecule has 1 atom stereocenters. The SMILES string of the molecule is Cn1ncc([N+](=O)[O-])c1C(=O)NCC1(O)CCCc2ccccc21. The predicted molar refractivity (Wildman–Crippen MR) is 85.5 cm³/mol. The molecule has 0 radical (unpaired) electrons. The molecule has 1 amide bonds. The van der Waals surface area contributed by atoms with E-state index in [9.17, 15) is 20.0 Å². The molecule has 0 spiro atoms. The highest BCUT2D eigenvalue weighted by Gasteiger charge is 2.35. The van der Waals surface area contributed by atoms with Gasteiger partial charge in [-0.05, 0) is 30.4 Å². The van der Waals surface area contributed by atoms with E-state index in [-0.39, 0.29) is 17.9 Å². The summed E-state index contributed by atoms with van der Waals surface area (Å²) in [5, 5.41) is 28.3. The van der Waals surface area contributed by atoms with E-state index in [0.717, 1.165) is 34.8 Å². The molecule has 1 aromatic heterocycles. The number of aryl methyl sites for hydroxylation is 2. The number of amides is 1. The van der Waals surface area contributed by atoms with Crippen molar-refractivity contribution in [2.24, 2.45) is 7.05 Å². The molecule has 2 aromatic rings. The van der Waals surface area contributed by atoms with E-state index < -0.39 is 16.4 Å². The molecule has 3 rings (SSSR count). The predicted octanol–water partition coefficient (Wildman–Crippen LogP) is 1.28. The number of aliphatic hydroxyl groups is 1. The number of benzene rings is 1. The van der Waals surface area contributed by atoms with Crippen molar-refractivity contribution >= 4 is 11.6 Å². The lowest BCUT2D eigenvalue weighted by atomic mass is 9.79.